The Morgan fingerprint density at radius 2 is 1.95 bits per heavy atom. The van der Waals surface area contributed by atoms with Crippen molar-refractivity contribution in [3.8, 4) is 0 Å². The largest absolute Gasteiger partial charge is 0.345 e. The molecule has 2 N–H and O–H groups in total. The van der Waals surface area contributed by atoms with Crippen LogP contribution in [-0.4, -0.2) is 25.2 Å². The van der Waals surface area contributed by atoms with Crippen molar-refractivity contribution in [1.29, 1.82) is 0 Å². The van der Waals surface area contributed by atoms with E-state index in [4.69, 9.17) is 0 Å². The van der Waals surface area contributed by atoms with Crippen molar-refractivity contribution in [2.75, 3.05) is 0 Å². The summed E-state index contributed by atoms with van der Waals surface area (Å²) in [4.78, 5) is 37.4. The number of hydrogen-bond donors (Lipinski definition) is 2. The first kappa shape index (κ1) is 15.7. The molecule has 0 aliphatic heterocycles. The van der Waals surface area contributed by atoms with Gasteiger partial charge in [-0.15, -0.1) is 0 Å². The van der Waals surface area contributed by atoms with Crippen molar-refractivity contribution in [2.24, 2.45) is 14.1 Å². The van der Waals surface area contributed by atoms with Crippen LogP contribution in [0.5, 0.6) is 0 Å². The lowest BCUT2D eigenvalue weighted by atomic mass is 10.1. The molecule has 8 nitrogen and oxygen atoms in total. The summed E-state index contributed by atoms with van der Waals surface area (Å²) in [5.41, 5.74) is 1.31. The Morgan fingerprint density at radius 3 is 2.50 bits per heavy atom. The van der Waals surface area contributed by atoms with Crippen molar-refractivity contribution in [2.45, 2.75) is 26.8 Å². The maximum atomic E-state index is 12.3. The molecule has 2 heterocycles. The summed E-state index contributed by atoms with van der Waals surface area (Å²) in [5.74, 6) is -0.535. The van der Waals surface area contributed by atoms with Gasteiger partial charge in [0.05, 0.1) is 11.7 Å². The molecule has 0 bridgehead atoms. The lowest BCUT2D eigenvalue weighted by molar-refractivity contribution is 0.0937. The Balaban J connectivity index is 2.31. The summed E-state index contributed by atoms with van der Waals surface area (Å²) in [7, 11) is 3.30. The third-order valence-corrected chi connectivity index (χ3v) is 3.70. The van der Waals surface area contributed by atoms with Gasteiger partial charge in [-0.3, -0.25) is 19.3 Å². The van der Waals surface area contributed by atoms with Gasteiger partial charge in [0.15, 0.2) is 0 Å². The Kier molecular flexibility index (Phi) is 4.03. The SMILES string of the molecule is Cc1nn(C)c(C)c1C(C)NC(=O)c1cn(C)c(=O)[nH]c1=O. The van der Waals surface area contributed by atoms with E-state index in [-0.39, 0.29) is 11.6 Å². The van der Waals surface area contributed by atoms with Crippen LogP contribution in [0.25, 0.3) is 0 Å². The highest BCUT2D eigenvalue weighted by atomic mass is 16.2. The van der Waals surface area contributed by atoms with Crippen LogP contribution in [0.15, 0.2) is 15.8 Å². The maximum Gasteiger partial charge on any atom is 0.328 e. The van der Waals surface area contributed by atoms with Gasteiger partial charge >= 0.3 is 5.69 Å². The summed E-state index contributed by atoms with van der Waals surface area (Å²) in [5, 5.41) is 7.07. The number of aromatic amines is 1. The average molecular weight is 305 g/mol. The first-order valence-electron chi connectivity index (χ1n) is 6.83. The molecule has 0 aromatic carbocycles. The maximum absolute atomic E-state index is 12.3. The Bertz CT molecular complexity index is 843. The molecule has 22 heavy (non-hydrogen) atoms. The predicted octanol–water partition coefficient (Wildman–Crippen LogP) is -0.0851. The van der Waals surface area contributed by atoms with Crippen molar-refractivity contribution < 1.29 is 4.79 Å². The molecule has 0 saturated carbocycles. The van der Waals surface area contributed by atoms with Gasteiger partial charge in [-0.2, -0.15) is 5.10 Å². The highest BCUT2D eigenvalue weighted by Crippen LogP contribution is 2.20. The highest BCUT2D eigenvalue weighted by Gasteiger charge is 2.20. The number of carbonyl (C=O) groups excluding carboxylic acids is 1. The first-order chi connectivity index (χ1) is 10.2. The number of carbonyl (C=O) groups is 1. The quantitative estimate of drug-likeness (QED) is 0.827. The Hall–Kier alpha value is -2.64. The van der Waals surface area contributed by atoms with E-state index >= 15 is 0 Å². The molecule has 0 radical (unpaired) electrons. The van der Waals surface area contributed by atoms with E-state index < -0.39 is 17.2 Å². The second-order valence-electron chi connectivity index (χ2n) is 5.32. The standard InChI is InChI=1S/C14H19N5O3/c1-7(11-8(2)17-19(5)9(11)3)15-12(20)10-6-18(4)14(22)16-13(10)21/h6-7H,1-5H3,(H,15,20)(H,16,21,22). The first-order valence-corrected chi connectivity index (χ1v) is 6.83. The fourth-order valence-corrected chi connectivity index (χ4v) is 2.49. The van der Waals surface area contributed by atoms with Gasteiger partial charge in [-0.05, 0) is 20.8 Å². The molecule has 1 amide bonds. The minimum atomic E-state index is -0.701. The Morgan fingerprint density at radius 1 is 1.32 bits per heavy atom. The summed E-state index contributed by atoms with van der Waals surface area (Å²) in [6.07, 6.45) is 1.23. The molecule has 0 aliphatic rings. The fraction of sp³-hybridized carbons (Fsp3) is 0.429. The summed E-state index contributed by atoms with van der Waals surface area (Å²) in [6.45, 7) is 5.60. The van der Waals surface area contributed by atoms with E-state index in [9.17, 15) is 14.4 Å². The topological polar surface area (TPSA) is 102 Å². The smallest absolute Gasteiger partial charge is 0.328 e. The van der Waals surface area contributed by atoms with E-state index in [0.717, 1.165) is 21.5 Å². The summed E-state index contributed by atoms with van der Waals surface area (Å²) >= 11 is 0. The van der Waals surface area contributed by atoms with Crippen LogP contribution in [0.4, 0.5) is 0 Å². The van der Waals surface area contributed by atoms with Gasteiger partial charge in [0.25, 0.3) is 11.5 Å². The average Bonchev–Trinajstić information content (AvgIpc) is 2.67. The number of H-pyrrole nitrogens is 1. The molecule has 0 spiro atoms. The molecule has 0 fully saturated rings. The number of aryl methyl sites for hydroxylation is 3. The normalized spacial score (nSPS) is 12.2. The third-order valence-electron chi connectivity index (χ3n) is 3.70. The van der Waals surface area contributed by atoms with E-state index in [1.807, 2.05) is 27.8 Å². The molecular formula is C14H19N5O3. The molecule has 8 heteroatoms. The minimum Gasteiger partial charge on any atom is -0.345 e. The molecule has 2 rings (SSSR count). The monoisotopic (exact) mass is 305 g/mol. The van der Waals surface area contributed by atoms with Crippen molar-refractivity contribution in [3.05, 3.63) is 49.5 Å². The van der Waals surface area contributed by atoms with E-state index in [1.165, 1.54) is 13.2 Å². The Labute approximate surface area is 126 Å². The van der Waals surface area contributed by atoms with Gasteiger partial charge < -0.3 is 9.88 Å². The second-order valence-corrected chi connectivity index (χ2v) is 5.32. The van der Waals surface area contributed by atoms with Crippen LogP contribution in [0, 0.1) is 13.8 Å². The van der Waals surface area contributed by atoms with Crippen molar-refractivity contribution in [1.82, 2.24) is 24.6 Å². The minimum absolute atomic E-state index is 0.104. The van der Waals surface area contributed by atoms with Gasteiger partial charge in [0.2, 0.25) is 0 Å². The van der Waals surface area contributed by atoms with E-state index in [0.29, 0.717) is 0 Å². The van der Waals surface area contributed by atoms with Gasteiger partial charge in [-0.1, -0.05) is 0 Å². The molecule has 1 unspecified atom stereocenters. The van der Waals surface area contributed by atoms with Crippen molar-refractivity contribution in [3.63, 3.8) is 0 Å². The zero-order chi connectivity index (χ0) is 16.6. The number of amides is 1. The van der Waals surface area contributed by atoms with E-state index in [1.54, 1.807) is 4.68 Å². The van der Waals surface area contributed by atoms with Crippen molar-refractivity contribution >= 4 is 5.91 Å². The lowest BCUT2D eigenvalue weighted by Gasteiger charge is -2.14. The zero-order valence-electron chi connectivity index (χ0n) is 13.2. The van der Waals surface area contributed by atoms with Crippen LogP contribution in [-0.2, 0) is 14.1 Å². The summed E-state index contributed by atoms with van der Waals surface area (Å²) in [6, 6.07) is -0.308. The highest BCUT2D eigenvalue weighted by molar-refractivity contribution is 5.93. The third kappa shape index (κ3) is 2.72. The van der Waals surface area contributed by atoms with Crippen LogP contribution < -0.4 is 16.6 Å². The van der Waals surface area contributed by atoms with Crippen LogP contribution in [0.2, 0.25) is 0 Å². The van der Waals surface area contributed by atoms with Gasteiger partial charge in [0.1, 0.15) is 5.56 Å². The second kappa shape index (κ2) is 5.63. The molecule has 2 aromatic rings. The van der Waals surface area contributed by atoms with Gasteiger partial charge in [0, 0.05) is 31.5 Å². The molecule has 118 valence electrons. The van der Waals surface area contributed by atoms with Gasteiger partial charge in [-0.25, -0.2) is 4.79 Å². The molecule has 1 atom stereocenters. The molecular weight excluding hydrogens is 286 g/mol. The molecule has 0 saturated heterocycles. The fourth-order valence-electron chi connectivity index (χ4n) is 2.49. The predicted molar refractivity (Wildman–Crippen MR) is 80.9 cm³/mol. The molecule has 0 aliphatic carbocycles. The van der Waals surface area contributed by atoms with Crippen LogP contribution >= 0.6 is 0 Å². The van der Waals surface area contributed by atoms with E-state index in [2.05, 4.69) is 15.4 Å². The lowest BCUT2D eigenvalue weighted by Crippen LogP contribution is -2.37. The van der Waals surface area contributed by atoms with Crippen LogP contribution in [0.1, 0.15) is 40.3 Å². The summed E-state index contributed by atoms with van der Waals surface area (Å²) < 4.78 is 2.90. The number of nitrogens with zero attached hydrogens (tertiary/aromatic N) is 3. The number of aromatic nitrogens is 4. The zero-order valence-corrected chi connectivity index (χ0v) is 13.2. The van der Waals surface area contributed by atoms with Crippen LogP contribution in [0.3, 0.4) is 0 Å². The number of nitrogens with one attached hydrogen (secondary N) is 2. The molecule has 2 aromatic heterocycles. The number of hydrogen-bond acceptors (Lipinski definition) is 4. The number of rotatable bonds is 3.